The van der Waals surface area contributed by atoms with Crippen molar-refractivity contribution >= 4 is 46.3 Å². The molecule has 7 heteroatoms. The van der Waals surface area contributed by atoms with Gasteiger partial charge in [0.25, 0.3) is 5.91 Å². The lowest BCUT2D eigenvalue weighted by molar-refractivity contribution is 0.0955. The zero-order chi connectivity index (χ0) is 16.5. The number of carbonyl (C=O) groups excluding carboxylic acids is 1. The van der Waals surface area contributed by atoms with Crippen molar-refractivity contribution in [3.63, 3.8) is 0 Å². The van der Waals surface area contributed by atoms with Gasteiger partial charge in [-0.15, -0.1) is 0 Å². The summed E-state index contributed by atoms with van der Waals surface area (Å²) in [5.41, 5.74) is 6.63. The number of hydrogen-bond donors (Lipinski definition) is 4. The van der Waals surface area contributed by atoms with E-state index < -0.39 is 0 Å². The summed E-state index contributed by atoms with van der Waals surface area (Å²) >= 11 is 5.04. The Balaban J connectivity index is 1.53. The fraction of sp³-hybridized carbons (Fsp3) is 0. The van der Waals surface area contributed by atoms with E-state index in [4.69, 9.17) is 12.2 Å². The Hall–Kier alpha value is -3.19. The monoisotopic (exact) mass is 335 g/mol. The quantitative estimate of drug-likeness (QED) is 0.262. The van der Waals surface area contributed by atoms with E-state index in [9.17, 15) is 4.79 Å². The molecule has 2 aromatic heterocycles. The van der Waals surface area contributed by atoms with E-state index in [1.807, 2.05) is 30.5 Å². The van der Waals surface area contributed by atoms with Crippen molar-refractivity contribution < 1.29 is 4.79 Å². The van der Waals surface area contributed by atoms with Crippen molar-refractivity contribution in [2.24, 2.45) is 5.10 Å². The highest BCUT2D eigenvalue weighted by Gasteiger charge is 2.06. The van der Waals surface area contributed by atoms with Crippen LogP contribution in [0.1, 0.15) is 15.9 Å². The number of rotatable bonds is 3. The third-order valence-electron chi connectivity index (χ3n) is 3.77. The number of aromatic amines is 3. The van der Waals surface area contributed by atoms with E-state index in [0.29, 0.717) is 10.3 Å². The fourth-order valence-electron chi connectivity index (χ4n) is 2.60. The topological polar surface area (TPSA) is 88.8 Å². The Labute approximate surface area is 141 Å². The fourth-order valence-corrected chi connectivity index (χ4v) is 2.82. The van der Waals surface area contributed by atoms with Crippen LogP contribution in [0.5, 0.6) is 0 Å². The first-order chi connectivity index (χ1) is 11.7. The van der Waals surface area contributed by atoms with Crippen LogP contribution < -0.4 is 5.43 Å². The molecule has 118 valence electrons. The van der Waals surface area contributed by atoms with Crippen LogP contribution in [0.15, 0.2) is 53.8 Å². The van der Waals surface area contributed by atoms with E-state index in [2.05, 4.69) is 25.5 Å². The van der Waals surface area contributed by atoms with Crippen molar-refractivity contribution in [1.29, 1.82) is 0 Å². The minimum atomic E-state index is -0.284. The van der Waals surface area contributed by atoms with E-state index in [-0.39, 0.29) is 5.91 Å². The number of H-pyrrole nitrogens is 3. The van der Waals surface area contributed by atoms with Crippen molar-refractivity contribution in [2.45, 2.75) is 0 Å². The minimum absolute atomic E-state index is 0.284. The van der Waals surface area contributed by atoms with Gasteiger partial charge in [-0.2, -0.15) is 5.10 Å². The van der Waals surface area contributed by atoms with Crippen LogP contribution in [-0.4, -0.2) is 27.1 Å². The van der Waals surface area contributed by atoms with E-state index in [0.717, 1.165) is 27.5 Å². The van der Waals surface area contributed by atoms with Gasteiger partial charge in [0.15, 0.2) is 4.77 Å². The zero-order valence-electron chi connectivity index (χ0n) is 12.5. The number of amides is 1. The molecule has 0 saturated carbocycles. The molecule has 6 nitrogen and oxygen atoms in total. The molecule has 0 unspecified atom stereocenters. The molecule has 24 heavy (non-hydrogen) atoms. The smallest absolute Gasteiger partial charge is 0.271 e. The predicted octanol–water partition coefficient (Wildman–Crippen LogP) is 3.47. The second-order valence-corrected chi connectivity index (χ2v) is 5.74. The average Bonchev–Trinajstić information content (AvgIpc) is 3.16. The first-order valence-electron chi connectivity index (χ1n) is 7.32. The summed E-state index contributed by atoms with van der Waals surface area (Å²) < 4.78 is 0.528. The van der Waals surface area contributed by atoms with Gasteiger partial charge in [0.1, 0.15) is 0 Å². The Bertz CT molecular complexity index is 1130. The highest BCUT2D eigenvalue weighted by molar-refractivity contribution is 7.71. The summed E-state index contributed by atoms with van der Waals surface area (Å²) in [7, 11) is 0. The molecular formula is C17H13N5OS. The van der Waals surface area contributed by atoms with Gasteiger partial charge in [-0.3, -0.25) is 4.79 Å². The number of nitrogens with one attached hydrogen (secondary N) is 4. The highest BCUT2D eigenvalue weighted by Crippen LogP contribution is 2.16. The average molecular weight is 335 g/mol. The molecule has 0 bridgehead atoms. The lowest BCUT2D eigenvalue weighted by atomic mass is 10.2. The van der Waals surface area contributed by atoms with Crippen molar-refractivity contribution in [3.8, 4) is 0 Å². The molecule has 4 aromatic rings. The summed E-state index contributed by atoms with van der Waals surface area (Å²) in [4.78, 5) is 21.4. The first-order valence-corrected chi connectivity index (χ1v) is 7.73. The Morgan fingerprint density at radius 2 is 1.92 bits per heavy atom. The summed E-state index contributed by atoms with van der Waals surface area (Å²) in [5, 5.41) is 5.10. The molecule has 2 aromatic carbocycles. The maximum Gasteiger partial charge on any atom is 0.271 e. The lowest BCUT2D eigenvalue weighted by Gasteiger charge is -1.99. The third-order valence-corrected chi connectivity index (χ3v) is 3.97. The van der Waals surface area contributed by atoms with Crippen molar-refractivity contribution in [2.75, 3.05) is 0 Å². The predicted molar refractivity (Wildman–Crippen MR) is 96.8 cm³/mol. The van der Waals surface area contributed by atoms with Crippen LogP contribution in [0.25, 0.3) is 21.9 Å². The Morgan fingerprint density at radius 3 is 2.83 bits per heavy atom. The van der Waals surface area contributed by atoms with E-state index in [1.54, 1.807) is 24.4 Å². The van der Waals surface area contributed by atoms with Gasteiger partial charge in [-0.1, -0.05) is 18.2 Å². The van der Waals surface area contributed by atoms with Gasteiger partial charge in [0.05, 0.1) is 17.2 Å². The first kappa shape index (κ1) is 14.4. The number of hydrazone groups is 1. The molecule has 4 rings (SSSR count). The van der Waals surface area contributed by atoms with E-state index in [1.165, 1.54) is 0 Å². The molecule has 0 fully saturated rings. The number of benzene rings is 2. The van der Waals surface area contributed by atoms with Gasteiger partial charge < -0.3 is 15.0 Å². The summed E-state index contributed by atoms with van der Waals surface area (Å²) in [5.74, 6) is -0.284. The maximum absolute atomic E-state index is 12.2. The van der Waals surface area contributed by atoms with Gasteiger partial charge >= 0.3 is 0 Å². The SMILES string of the molecule is O=C(N/N=C\c1c[nH]c2ccccc12)c1ccc2[nH]c(=S)[nH]c2c1. The number of fused-ring (bicyclic) bond motifs is 2. The Kier molecular flexibility index (Phi) is 3.47. The molecule has 0 aliphatic heterocycles. The summed E-state index contributed by atoms with van der Waals surface area (Å²) in [6, 6.07) is 13.2. The largest absolute Gasteiger partial charge is 0.361 e. The molecular weight excluding hydrogens is 322 g/mol. The lowest BCUT2D eigenvalue weighted by Crippen LogP contribution is -2.17. The molecule has 4 N–H and O–H groups in total. The number of para-hydroxylation sites is 1. The number of aromatic nitrogens is 3. The van der Waals surface area contributed by atoms with Gasteiger partial charge in [0.2, 0.25) is 0 Å². The van der Waals surface area contributed by atoms with Gasteiger partial charge in [-0.25, -0.2) is 5.43 Å². The number of carbonyl (C=O) groups is 1. The van der Waals surface area contributed by atoms with Crippen LogP contribution in [0.4, 0.5) is 0 Å². The number of imidazole rings is 1. The summed E-state index contributed by atoms with van der Waals surface area (Å²) in [6.07, 6.45) is 3.48. The van der Waals surface area contributed by atoms with Gasteiger partial charge in [0, 0.05) is 28.2 Å². The normalized spacial score (nSPS) is 11.5. The third kappa shape index (κ3) is 2.61. The number of nitrogens with zero attached hydrogens (tertiary/aromatic N) is 1. The van der Waals surface area contributed by atoms with Crippen LogP contribution in [0, 0.1) is 4.77 Å². The molecule has 0 aliphatic carbocycles. The number of hydrogen-bond acceptors (Lipinski definition) is 3. The standard InChI is InChI=1S/C17H13N5OS/c23-16(10-5-6-14-15(7-10)21-17(24)20-14)22-19-9-11-8-18-13-4-2-1-3-12(11)13/h1-9,18H,(H,22,23)(H2,20,21,24)/b19-9-. The van der Waals surface area contributed by atoms with Crippen molar-refractivity contribution in [1.82, 2.24) is 20.4 Å². The second kappa shape index (κ2) is 5.78. The van der Waals surface area contributed by atoms with Crippen LogP contribution in [-0.2, 0) is 0 Å². The Morgan fingerprint density at radius 1 is 1.08 bits per heavy atom. The van der Waals surface area contributed by atoms with Crippen LogP contribution in [0.3, 0.4) is 0 Å². The maximum atomic E-state index is 12.2. The molecule has 2 heterocycles. The van der Waals surface area contributed by atoms with Crippen molar-refractivity contribution in [3.05, 3.63) is 64.6 Å². The van der Waals surface area contributed by atoms with Gasteiger partial charge in [-0.05, 0) is 36.5 Å². The molecule has 0 saturated heterocycles. The van der Waals surface area contributed by atoms with Crippen LogP contribution >= 0.6 is 12.2 Å². The molecule has 0 radical (unpaired) electrons. The molecule has 0 aliphatic rings. The highest BCUT2D eigenvalue weighted by atomic mass is 32.1. The molecule has 0 atom stereocenters. The molecule has 0 spiro atoms. The molecule has 1 amide bonds. The zero-order valence-corrected chi connectivity index (χ0v) is 13.3. The second-order valence-electron chi connectivity index (χ2n) is 5.33. The summed E-state index contributed by atoms with van der Waals surface area (Å²) in [6.45, 7) is 0. The minimum Gasteiger partial charge on any atom is -0.361 e. The van der Waals surface area contributed by atoms with E-state index >= 15 is 0 Å². The van der Waals surface area contributed by atoms with Crippen LogP contribution in [0.2, 0.25) is 0 Å².